The van der Waals surface area contributed by atoms with Crippen LogP contribution < -0.4 is 4.74 Å². The minimum atomic E-state index is -0.448. The van der Waals surface area contributed by atoms with Gasteiger partial charge in [-0.25, -0.2) is 4.79 Å². The van der Waals surface area contributed by atoms with Gasteiger partial charge in [-0.2, -0.15) is 0 Å². The summed E-state index contributed by atoms with van der Waals surface area (Å²) in [6, 6.07) is 17.1. The topological polar surface area (TPSA) is 78.9 Å². The fourth-order valence-electron chi connectivity index (χ4n) is 3.85. The molecule has 0 saturated heterocycles. The van der Waals surface area contributed by atoms with Crippen molar-refractivity contribution in [1.29, 1.82) is 0 Å². The van der Waals surface area contributed by atoms with Crippen LogP contribution in [0.5, 0.6) is 5.75 Å². The van der Waals surface area contributed by atoms with Gasteiger partial charge in [0, 0.05) is 18.9 Å². The fourth-order valence-corrected chi connectivity index (χ4v) is 3.85. The molecule has 0 N–H and O–H groups in total. The summed E-state index contributed by atoms with van der Waals surface area (Å²) < 4.78 is 15.9. The predicted molar refractivity (Wildman–Crippen MR) is 123 cm³/mol. The van der Waals surface area contributed by atoms with Gasteiger partial charge in [0.25, 0.3) is 0 Å². The van der Waals surface area contributed by atoms with Crippen molar-refractivity contribution in [2.24, 2.45) is 11.8 Å². The molecule has 33 heavy (non-hydrogen) atoms. The van der Waals surface area contributed by atoms with Gasteiger partial charge < -0.3 is 14.2 Å². The van der Waals surface area contributed by atoms with Crippen molar-refractivity contribution in [1.82, 2.24) is 0 Å². The fraction of sp³-hybridized carbons (Fsp3) is 0.370. The first kappa shape index (κ1) is 24.2. The summed E-state index contributed by atoms with van der Waals surface area (Å²) in [5.74, 6) is -0.772. The molecular weight excluding hydrogens is 420 g/mol. The lowest BCUT2D eigenvalue weighted by Crippen LogP contribution is -2.29. The zero-order valence-corrected chi connectivity index (χ0v) is 18.7. The molecule has 0 spiro atoms. The lowest BCUT2D eigenvalue weighted by molar-refractivity contribution is -0.152. The molecule has 0 heterocycles. The van der Waals surface area contributed by atoms with E-state index >= 15 is 0 Å². The average molecular weight is 451 g/mol. The van der Waals surface area contributed by atoms with Gasteiger partial charge in [-0.05, 0) is 48.9 Å². The second-order valence-electron chi connectivity index (χ2n) is 8.14. The van der Waals surface area contributed by atoms with E-state index in [0.29, 0.717) is 50.9 Å². The van der Waals surface area contributed by atoms with E-state index in [-0.39, 0.29) is 30.4 Å². The summed E-state index contributed by atoms with van der Waals surface area (Å²) in [5.41, 5.74) is 2.11. The molecule has 1 fully saturated rings. The van der Waals surface area contributed by atoms with Crippen LogP contribution in [0.4, 0.5) is 0 Å². The number of hydrogen-bond donors (Lipinski definition) is 0. The van der Waals surface area contributed by atoms with E-state index in [1.807, 2.05) is 42.5 Å². The second-order valence-corrected chi connectivity index (χ2v) is 8.14. The van der Waals surface area contributed by atoms with Gasteiger partial charge in [0.05, 0.1) is 25.0 Å². The molecule has 0 atom stereocenters. The Morgan fingerprint density at radius 2 is 1.30 bits per heavy atom. The molecule has 0 aromatic heterocycles. The molecule has 1 saturated carbocycles. The SMILES string of the molecule is C=CC(=O)OCCc1ccc(OC(=O)C2CCC(C(=O)OCCc3ccccc3)CC2)cc1. The van der Waals surface area contributed by atoms with E-state index in [1.54, 1.807) is 12.1 Å². The van der Waals surface area contributed by atoms with Gasteiger partial charge in [0.15, 0.2) is 0 Å². The third kappa shape index (κ3) is 7.90. The smallest absolute Gasteiger partial charge is 0.330 e. The molecule has 0 radical (unpaired) electrons. The van der Waals surface area contributed by atoms with Crippen LogP contribution in [0.2, 0.25) is 0 Å². The molecule has 1 aliphatic rings. The van der Waals surface area contributed by atoms with Gasteiger partial charge in [-0.15, -0.1) is 0 Å². The van der Waals surface area contributed by atoms with E-state index in [2.05, 4.69) is 6.58 Å². The Kier molecular flexibility index (Phi) is 9.24. The lowest BCUT2D eigenvalue weighted by atomic mass is 9.82. The molecule has 0 unspecified atom stereocenters. The summed E-state index contributed by atoms with van der Waals surface area (Å²) >= 11 is 0. The number of carbonyl (C=O) groups is 3. The number of benzene rings is 2. The summed E-state index contributed by atoms with van der Waals surface area (Å²) in [4.78, 5) is 35.9. The van der Waals surface area contributed by atoms with Crippen molar-refractivity contribution >= 4 is 17.9 Å². The maximum atomic E-state index is 12.5. The van der Waals surface area contributed by atoms with Crippen LogP contribution in [0.25, 0.3) is 0 Å². The van der Waals surface area contributed by atoms with Crippen molar-refractivity contribution in [2.75, 3.05) is 13.2 Å². The van der Waals surface area contributed by atoms with E-state index in [1.165, 1.54) is 0 Å². The van der Waals surface area contributed by atoms with Crippen molar-refractivity contribution in [3.63, 3.8) is 0 Å². The van der Waals surface area contributed by atoms with Crippen LogP contribution in [0.3, 0.4) is 0 Å². The highest BCUT2D eigenvalue weighted by Gasteiger charge is 2.31. The van der Waals surface area contributed by atoms with Gasteiger partial charge in [0.1, 0.15) is 5.75 Å². The summed E-state index contributed by atoms with van der Waals surface area (Å²) in [5, 5.41) is 0. The van der Waals surface area contributed by atoms with E-state index in [0.717, 1.165) is 17.2 Å². The Balaban J connectivity index is 1.36. The molecule has 0 amide bonds. The van der Waals surface area contributed by atoms with Crippen LogP contribution in [0, 0.1) is 11.8 Å². The van der Waals surface area contributed by atoms with E-state index in [4.69, 9.17) is 14.2 Å². The van der Waals surface area contributed by atoms with Gasteiger partial charge in [-0.3, -0.25) is 9.59 Å². The number of rotatable bonds is 10. The molecule has 2 aromatic rings. The van der Waals surface area contributed by atoms with Gasteiger partial charge in [-0.1, -0.05) is 49.0 Å². The molecular formula is C27H30O6. The third-order valence-corrected chi connectivity index (χ3v) is 5.82. The van der Waals surface area contributed by atoms with Crippen molar-refractivity contribution < 1.29 is 28.6 Å². The zero-order chi connectivity index (χ0) is 23.5. The molecule has 1 aliphatic carbocycles. The van der Waals surface area contributed by atoms with Gasteiger partial charge >= 0.3 is 17.9 Å². The normalized spacial score (nSPS) is 17.6. The maximum absolute atomic E-state index is 12.5. The molecule has 174 valence electrons. The van der Waals surface area contributed by atoms with Crippen LogP contribution in [-0.4, -0.2) is 31.1 Å². The minimum Gasteiger partial charge on any atom is -0.465 e. The largest absolute Gasteiger partial charge is 0.465 e. The van der Waals surface area contributed by atoms with Crippen molar-refractivity contribution in [3.8, 4) is 5.75 Å². The molecule has 3 rings (SSSR count). The Morgan fingerprint density at radius 1 is 0.758 bits per heavy atom. The first-order valence-corrected chi connectivity index (χ1v) is 11.4. The minimum absolute atomic E-state index is 0.153. The highest BCUT2D eigenvalue weighted by molar-refractivity contribution is 5.81. The molecule has 6 heteroatoms. The molecule has 6 nitrogen and oxygen atoms in total. The van der Waals surface area contributed by atoms with Crippen LogP contribution in [0.1, 0.15) is 36.8 Å². The second kappa shape index (κ2) is 12.6. The van der Waals surface area contributed by atoms with Crippen LogP contribution in [-0.2, 0) is 36.7 Å². The summed E-state index contributed by atoms with van der Waals surface area (Å²) in [6.07, 6.45) is 4.89. The predicted octanol–water partition coefficient (Wildman–Crippen LogP) is 4.46. The van der Waals surface area contributed by atoms with Crippen molar-refractivity contribution in [2.45, 2.75) is 38.5 Å². The number of ether oxygens (including phenoxy) is 3. The monoisotopic (exact) mass is 450 g/mol. The Hall–Kier alpha value is -3.41. The Bertz CT molecular complexity index is 927. The maximum Gasteiger partial charge on any atom is 0.330 e. The van der Waals surface area contributed by atoms with E-state index in [9.17, 15) is 14.4 Å². The summed E-state index contributed by atoms with van der Waals surface area (Å²) in [7, 11) is 0. The third-order valence-electron chi connectivity index (χ3n) is 5.82. The standard InChI is InChI=1S/C27H30O6/c1-2-25(28)31-18-16-21-8-14-24(15-9-21)33-27(30)23-12-10-22(11-13-23)26(29)32-19-17-20-6-4-3-5-7-20/h2-9,14-15,22-23H,1,10-13,16-19H2. The Morgan fingerprint density at radius 3 is 1.91 bits per heavy atom. The number of carbonyl (C=O) groups excluding carboxylic acids is 3. The van der Waals surface area contributed by atoms with E-state index < -0.39 is 5.97 Å². The lowest BCUT2D eigenvalue weighted by Gasteiger charge is -2.25. The van der Waals surface area contributed by atoms with Crippen LogP contribution >= 0.6 is 0 Å². The molecule has 2 aromatic carbocycles. The first-order chi connectivity index (χ1) is 16.0. The van der Waals surface area contributed by atoms with Gasteiger partial charge in [0.2, 0.25) is 0 Å². The summed E-state index contributed by atoms with van der Waals surface area (Å²) in [6.45, 7) is 3.99. The molecule has 0 aliphatic heterocycles. The highest BCUT2D eigenvalue weighted by Crippen LogP contribution is 2.31. The van der Waals surface area contributed by atoms with Crippen molar-refractivity contribution in [3.05, 3.63) is 78.4 Å². The zero-order valence-electron chi connectivity index (χ0n) is 18.7. The van der Waals surface area contributed by atoms with Crippen LogP contribution in [0.15, 0.2) is 67.3 Å². The highest BCUT2D eigenvalue weighted by atomic mass is 16.5. The average Bonchev–Trinajstić information content (AvgIpc) is 2.85. The number of hydrogen-bond acceptors (Lipinski definition) is 6. The first-order valence-electron chi connectivity index (χ1n) is 11.4. The number of esters is 3. The Labute approximate surface area is 194 Å². The molecule has 0 bridgehead atoms. The quantitative estimate of drug-likeness (QED) is 0.302.